The SMILES string of the molecule is CCc1nc2c(c(=O)n(-c3ccccc3)c(=O)n2CC)n1Cc1ccc(-c2ccccc2-n2cnnn2)cc1. The summed E-state index contributed by atoms with van der Waals surface area (Å²) in [6.07, 6.45) is 2.19. The van der Waals surface area contributed by atoms with Gasteiger partial charge in [-0.05, 0) is 46.7 Å². The Morgan fingerprint density at radius 3 is 2.26 bits per heavy atom. The van der Waals surface area contributed by atoms with E-state index in [0.29, 0.717) is 36.4 Å². The van der Waals surface area contributed by atoms with Gasteiger partial charge in [-0.25, -0.2) is 14.3 Å². The Kier molecular flexibility index (Phi) is 6.20. The molecule has 0 amide bonds. The van der Waals surface area contributed by atoms with Crippen molar-refractivity contribution < 1.29 is 0 Å². The molecule has 0 aliphatic rings. The lowest BCUT2D eigenvalue weighted by Gasteiger charge is -2.13. The second-order valence-electron chi connectivity index (χ2n) is 9.11. The van der Waals surface area contributed by atoms with Gasteiger partial charge in [0.2, 0.25) is 0 Å². The molecule has 0 saturated heterocycles. The first-order valence-electron chi connectivity index (χ1n) is 12.8. The predicted octanol–water partition coefficient (Wildman–Crippen LogP) is 3.62. The number of aryl methyl sites for hydroxylation is 2. The quantitative estimate of drug-likeness (QED) is 0.320. The minimum Gasteiger partial charge on any atom is -0.318 e. The minimum absolute atomic E-state index is 0.370. The maximum Gasteiger partial charge on any atom is 0.337 e. The highest BCUT2D eigenvalue weighted by molar-refractivity contribution is 5.74. The summed E-state index contributed by atoms with van der Waals surface area (Å²) < 4.78 is 6.38. The van der Waals surface area contributed by atoms with Crippen molar-refractivity contribution in [1.29, 1.82) is 0 Å². The van der Waals surface area contributed by atoms with Crippen LogP contribution in [0.4, 0.5) is 0 Å². The predicted molar refractivity (Wildman–Crippen MR) is 148 cm³/mol. The molecule has 0 aliphatic carbocycles. The van der Waals surface area contributed by atoms with E-state index in [0.717, 1.165) is 28.2 Å². The molecular formula is C29H26N8O2. The Balaban J connectivity index is 1.45. The van der Waals surface area contributed by atoms with Crippen LogP contribution < -0.4 is 11.2 Å². The summed E-state index contributed by atoms with van der Waals surface area (Å²) in [6.45, 7) is 4.73. The highest BCUT2D eigenvalue weighted by atomic mass is 16.2. The monoisotopic (exact) mass is 518 g/mol. The van der Waals surface area contributed by atoms with E-state index in [1.807, 2.05) is 85.1 Å². The number of para-hydroxylation sites is 2. The molecule has 10 nitrogen and oxygen atoms in total. The zero-order valence-electron chi connectivity index (χ0n) is 21.6. The number of rotatable bonds is 7. The third kappa shape index (κ3) is 4.15. The average Bonchev–Trinajstić information content (AvgIpc) is 3.63. The normalized spacial score (nSPS) is 11.3. The summed E-state index contributed by atoms with van der Waals surface area (Å²) in [7, 11) is 0. The van der Waals surface area contributed by atoms with E-state index in [9.17, 15) is 9.59 Å². The maximum absolute atomic E-state index is 13.8. The van der Waals surface area contributed by atoms with Gasteiger partial charge in [-0.1, -0.05) is 67.6 Å². The van der Waals surface area contributed by atoms with Crippen molar-refractivity contribution in [1.82, 2.24) is 38.9 Å². The molecule has 0 bridgehead atoms. The molecular weight excluding hydrogens is 492 g/mol. The van der Waals surface area contributed by atoms with Gasteiger partial charge in [0.05, 0.1) is 11.4 Å². The minimum atomic E-state index is -0.390. The van der Waals surface area contributed by atoms with Crippen LogP contribution in [0.2, 0.25) is 0 Å². The molecule has 0 fully saturated rings. The van der Waals surface area contributed by atoms with Crippen molar-refractivity contribution in [2.45, 2.75) is 33.4 Å². The molecule has 0 radical (unpaired) electrons. The number of aromatic nitrogens is 8. The fraction of sp³-hybridized carbons (Fsp3) is 0.172. The van der Waals surface area contributed by atoms with E-state index in [1.165, 1.54) is 4.57 Å². The van der Waals surface area contributed by atoms with E-state index in [1.54, 1.807) is 27.7 Å². The molecule has 0 N–H and O–H groups in total. The van der Waals surface area contributed by atoms with Gasteiger partial charge >= 0.3 is 5.69 Å². The zero-order valence-corrected chi connectivity index (χ0v) is 21.6. The van der Waals surface area contributed by atoms with Crippen molar-refractivity contribution in [3.05, 3.63) is 117 Å². The van der Waals surface area contributed by atoms with Gasteiger partial charge in [0.1, 0.15) is 12.2 Å². The van der Waals surface area contributed by atoms with Crippen LogP contribution in [0.1, 0.15) is 25.2 Å². The first kappa shape index (κ1) is 24.2. The van der Waals surface area contributed by atoms with Crippen molar-refractivity contribution in [2.75, 3.05) is 0 Å². The molecule has 6 aromatic rings. The molecule has 6 rings (SSSR count). The van der Waals surface area contributed by atoms with Crippen LogP contribution in [0.5, 0.6) is 0 Å². The molecule has 0 aliphatic heterocycles. The van der Waals surface area contributed by atoms with Gasteiger partial charge in [0.15, 0.2) is 11.2 Å². The molecule has 0 atom stereocenters. The molecule has 39 heavy (non-hydrogen) atoms. The Labute approximate surface area is 223 Å². The molecule has 10 heteroatoms. The lowest BCUT2D eigenvalue weighted by molar-refractivity contribution is 0.683. The lowest BCUT2D eigenvalue weighted by atomic mass is 10.0. The summed E-state index contributed by atoms with van der Waals surface area (Å²) in [5, 5.41) is 11.5. The third-order valence-corrected chi connectivity index (χ3v) is 6.86. The van der Waals surface area contributed by atoms with Gasteiger partial charge in [-0.15, -0.1) is 5.10 Å². The largest absolute Gasteiger partial charge is 0.337 e. The molecule has 194 valence electrons. The Morgan fingerprint density at radius 1 is 0.821 bits per heavy atom. The van der Waals surface area contributed by atoms with E-state index < -0.39 is 0 Å². The molecule has 0 spiro atoms. The van der Waals surface area contributed by atoms with Gasteiger partial charge in [-0.3, -0.25) is 9.36 Å². The smallest absolute Gasteiger partial charge is 0.318 e. The van der Waals surface area contributed by atoms with Crippen LogP contribution in [0, 0.1) is 0 Å². The first-order valence-corrected chi connectivity index (χ1v) is 12.8. The second kappa shape index (κ2) is 9.97. The number of benzene rings is 3. The standard InChI is InChI=1S/C29H26N8O2/c1-3-25-31-27-26(28(38)37(29(39)34(27)4-2)22-10-6-5-7-11-22)35(25)18-20-14-16-21(17-15-20)23-12-8-9-13-24(23)36-19-30-32-33-36/h5-17,19H,3-4,18H2,1-2H3. The highest BCUT2D eigenvalue weighted by Crippen LogP contribution is 2.27. The topological polar surface area (TPSA) is 105 Å². The molecule has 0 unspecified atom stereocenters. The van der Waals surface area contributed by atoms with Crippen LogP contribution >= 0.6 is 0 Å². The summed E-state index contributed by atoms with van der Waals surface area (Å²) in [4.78, 5) is 31.9. The highest BCUT2D eigenvalue weighted by Gasteiger charge is 2.21. The van der Waals surface area contributed by atoms with Crippen molar-refractivity contribution in [3.8, 4) is 22.5 Å². The van der Waals surface area contributed by atoms with Crippen molar-refractivity contribution >= 4 is 11.2 Å². The van der Waals surface area contributed by atoms with Crippen molar-refractivity contribution in [2.24, 2.45) is 0 Å². The number of hydrogen-bond donors (Lipinski definition) is 0. The van der Waals surface area contributed by atoms with Crippen LogP contribution in [-0.2, 0) is 19.5 Å². The molecule has 3 aromatic heterocycles. The molecule has 3 heterocycles. The molecule has 3 aromatic carbocycles. The number of nitrogens with zero attached hydrogens (tertiary/aromatic N) is 8. The van der Waals surface area contributed by atoms with E-state index in [2.05, 4.69) is 15.5 Å². The fourth-order valence-electron chi connectivity index (χ4n) is 4.98. The number of imidazole rings is 1. The van der Waals surface area contributed by atoms with Crippen LogP contribution in [0.3, 0.4) is 0 Å². The van der Waals surface area contributed by atoms with Crippen molar-refractivity contribution in [3.63, 3.8) is 0 Å². The fourth-order valence-corrected chi connectivity index (χ4v) is 4.98. The van der Waals surface area contributed by atoms with Crippen LogP contribution in [-0.4, -0.2) is 38.9 Å². The Bertz CT molecular complexity index is 1880. The summed E-state index contributed by atoms with van der Waals surface area (Å²) in [5.74, 6) is 0.752. The summed E-state index contributed by atoms with van der Waals surface area (Å²) in [5.41, 5.74) is 4.51. The Hall–Kier alpha value is -5.12. The van der Waals surface area contributed by atoms with E-state index in [-0.39, 0.29) is 11.2 Å². The summed E-state index contributed by atoms with van der Waals surface area (Å²) in [6, 6.07) is 25.1. The average molecular weight is 519 g/mol. The van der Waals surface area contributed by atoms with Crippen LogP contribution in [0.15, 0.2) is 94.8 Å². The number of fused-ring (bicyclic) bond motifs is 1. The third-order valence-electron chi connectivity index (χ3n) is 6.86. The van der Waals surface area contributed by atoms with Gasteiger partial charge in [0.25, 0.3) is 5.56 Å². The lowest BCUT2D eigenvalue weighted by Crippen LogP contribution is -2.39. The van der Waals surface area contributed by atoms with Gasteiger partial charge in [-0.2, -0.15) is 4.68 Å². The number of tetrazole rings is 1. The van der Waals surface area contributed by atoms with E-state index in [4.69, 9.17) is 4.98 Å². The van der Waals surface area contributed by atoms with Crippen LogP contribution in [0.25, 0.3) is 33.7 Å². The van der Waals surface area contributed by atoms with Gasteiger partial charge < -0.3 is 4.57 Å². The second-order valence-corrected chi connectivity index (χ2v) is 9.11. The first-order chi connectivity index (χ1) is 19.1. The number of hydrogen-bond acceptors (Lipinski definition) is 6. The molecule has 0 saturated carbocycles. The maximum atomic E-state index is 13.8. The zero-order chi connectivity index (χ0) is 26.9. The van der Waals surface area contributed by atoms with E-state index >= 15 is 0 Å². The Morgan fingerprint density at radius 2 is 1.56 bits per heavy atom. The van der Waals surface area contributed by atoms with Gasteiger partial charge in [0, 0.05) is 25.1 Å². The summed E-state index contributed by atoms with van der Waals surface area (Å²) >= 11 is 0.